The maximum Gasteiger partial charge on any atom is 0.255 e. The molecule has 0 aliphatic heterocycles. The van der Waals surface area contributed by atoms with E-state index in [1.165, 1.54) is 31.5 Å². The first-order valence-corrected chi connectivity index (χ1v) is 9.12. The smallest absolute Gasteiger partial charge is 0.255 e. The molecule has 0 aliphatic rings. The summed E-state index contributed by atoms with van der Waals surface area (Å²) in [5.41, 5.74) is 7.59. The van der Waals surface area contributed by atoms with Crippen LogP contribution in [0.25, 0.3) is 11.3 Å². The monoisotopic (exact) mass is 418 g/mol. The summed E-state index contributed by atoms with van der Waals surface area (Å²) in [6.07, 6.45) is 1.53. The number of nitrogens with two attached hydrogens (primary N) is 1. The number of rotatable bonds is 7. The van der Waals surface area contributed by atoms with Crippen LogP contribution in [0.4, 0.5) is 10.1 Å². The third-order valence-corrected chi connectivity index (χ3v) is 4.45. The molecule has 7 nitrogen and oxygen atoms in total. The molecule has 0 aliphatic carbocycles. The summed E-state index contributed by atoms with van der Waals surface area (Å²) in [4.78, 5) is 12.6. The van der Waals surface area contributed by atoms with Crippen LogP contribution < -0.4 is 20.5 Å². The second-order valence-electron chi connectivity index (χ2n) is 6.12. The lowest BCUT2D eigenvalue weighted by Crippen LogP contribution is -2.13. The maximum atomic E-state index is 13.6. The Balaban J connectivity index is 1.94. The van der Waals surface area contributed by atoms with Gasteiger partial charge in [0.05, 0.1) is 24.0 Å². The van der Waals surface area contributed by atoms with Gasteiger partial charge in [-0.2, -0.15) is 5.10 Å². The first-order valence-electron chi connectivity index (χ1n) is 8.74. The molecule has 0 atom stereocenters. The van der Waals surface area contributed by atoms with Gasteiger partial charge in [-0.25, -0.2) is 4.39 Å². The molecule has 152 valence electrons. The lowest BCUT2D eigenvalue weighted by Gasteiger charge is -2.14. The van der Waals surface area contributed by atoms with E-state index in [0.717, 1.165) is 0 Å². The molecule has 0 spiro atoms. The highest BCUT2D eigenvalue weighted by molar-refractivity contribution is 6.33. The Morgan fingerprint density at radius 2 is 2.07 bits per heavy atom. The topological polar surface area (TPSA) is 91.4 Å². The molecular formula is C20H20ClFN4O3. The molecule has 1 amide bonds. The summed E-state index contributed by atoms with van der Waals surface area (Å²) in [6, 6.07) is 9.03. The Hall–Kier alpha value is -3.10. The van der Waals surface area contributed by atoms with Crippen molar-refractivity contribution in [1.29, 1.82) is 0 Å². The van der Waals surface area contributed by atoms with E-state index in [2.05, 4.69) is 10.4 Å². The summed E-state index contributed by atoms with van der Waals surface area (Å²) in [6.45, 7) is 0.674. The second-order valence-corrected chi connectivity index (χ2v) is 6.52. The maximum absolute atomic E-state index is 13.6. The van der Waals surface area contributed by atoms with Crippen LogP contribution in [0.2, 0.25) is 5.02 Å². The minimum absolute atomic E-state index is 0.00876. The Morgan fingerprint density at radius 1 is 1.28 bits per heavy atom. The lowest BCUT2D eigenvalue weighted by atomic mass is 10.1. The van der Waals surface area contributed by atoms with Gasteiger partial charge in [-0.15, -0.1) is 0 Å². The van der Waals surface area contributed by atoms with Gasteiger partial charge in [0, 0.05) is 30.4 Å². The zero-order valence-corrected chi connectivity index (χ0v) is 16.7. The van der Waals surface area contributed by atoms with Crippen LogP contribution in [0.5, 0.6) is 11.5 Å². The number of methoxy groups -OCH3 is 1. The standard InChI is InChI=1S/C20H20ClFN4O3/c1-26-19(15(21)11-24-26)14-10-13(4-6-17(14)29-8-7-23)25-20(27)12-3-5-16(22)18(9-12)28-2/h3-6,9-11H,7-8,23H2,1-2H3,(H,25,27). The molecule has 9 heteroatoms. The summed E-state index contributed by atoms with van der Waals surface area (Å²) >= 11 is 6.29. The molecule has 3 N–H and O–H groups in total. The lowest BCUT2D eigenvalue weighted by molar-refractivity contribution is 0.102. The quantitative estimate of drug-likeness (QED) is 0.613. The molecule has 0 saturated carbocycles. The molecular weight excluding hydrogens is 399 g/mol. The number of nitrogens with zero attached hydrogens (tertiary/aromatic N) is 2. The Morgan fingerprint density at radius 3 is 2.72 bits per heavy atom. The van der Waals surface area contributed by atoms with Crippen LogP contribution in [0.1, 0.15) is 10.4 Å². The number of hydrogen-bond donors (Lipinski definition) is 2. The molecule has 29 heavy (non-hydrogen) atoms. The first kappa shape index (κ1) is 20.6. The van der Waals surface area contributed by atoms with E-state index in [1.807, 2.05) is 0 Å². The normalized spacial score (nSPS) is 10.7. The fraction of sp³-hybridized carbons (Fsp3) is 0.200. The van der Waals surface area contributed by atoms with E-state index in [4.69, 9.17) is 26.8 Å². The van der Waals surface area contributed by atoms with Crippen LogP contribution >= 0.6 is 11.6 Å². The summed E-state index contributed by atoms with van der Waals surface area (Å²) in [7, 11) is 3.09. The number of carbonyl (C=O) groups is 1. The van der Waals surface area contributed by atoms with Crippen molar-refractivity contribution in [3.8, 4) is 22.8 Å². The van der Waals surface area contributed by atoms with Crippen molar-refractivity contribution in [2.45, 2.75) is 0 Å². The predicted octanol–water partition coefficient (Wildman–Crippen LogP) is 3.48. The van der Waals surface area contributed by atoms with Gasteiger partial charge < -0.3 is 20.5 Å². The molecule has 1 heterocycles. The van der Waals surface area contributed by atoms with E-state index < -0.39 is 11.7 Å². The highest BCUT2D eigenvalue weighted by Crippen LogP contribution is 2.36. The Bertz CT molecular complexity index is 1020. The first-order chi connectivity index (χ1) is 13.9. The van der Waals surface area contributed by atoms with E-state index in [-0.39, 0.29) is 11.3 Å². The summed E-state index contributed by atoms with van der Waals surface area (Å²) in [5, 5.41) is 7.37. The van der Waals surface area contributed by atoms with Crippen molar-refractivity contribution in [1.82, 2.24) is 9.78 Å². The van der Waals surface area contributed by atoms with Gasteiger partial charge in [0.1, 0.15) is 12.4 Å². The molecule has 0 bridgehead atoms. The molecule has 3 aromatic rings. The van der Waals surface area contributed by atoms with Gasteiger partial charge in [-0.05, 0) is 36.4 Å². The average Bonchev–Trinajstić information content (AvgIpc) is 3.05. The highest BCUT2D eigenvalue weighted by Gasteiger charge is 2.17. The van der Waals surface area contributed by atoms with Crippen molar-refractivity contribution in [2.75, 3.05) is 25.6 Å². The van der Waals surface area contributed by atoms with Gasteiger partial charge in [0.2, 0.25) is 0 Å². The molecule has 1 aromatic heterocycles. The number of aromatic nitrogens is 2. The van der Waals surface area contributed by atoms with Gasteiger partial charge in [0.25, 0.3) is 5.91 Å². The second kappa shape index (κ2) is 8.93. The summed E-state index contributed by atoms with van der Waals surface area (Å²) in [5.74, 6) is -0.410. The number of carbonyl (C=O) groups excluding carboxylic acids is 1. The Labute approximate surface area is 172 Å². The van der Waals surface area contributed by atoms with Crippen LogP contribution in [0.15, 0.2) is 42.6 Å². The van der Waals surface area contributed by atoms with Gasteiger partial charge in [-0.3, -0.25) is 9.48 Å². The van der Waals surface area contributed by atoms with Crippen LogP contribution in [0.3, 0.4) is 0 Å². The minimum Gasteiger partial charge on any atom is -0.494 e. The number of benzene rings is 2. The average molecular weight is 419 g/mol. The fourth-order valence-electron chi connectivity index (χ4n) is 2.81. The highest BCUT2D eigenvalue weighted by atomic mass is 35.5. The number of anilines is 1. The van der Waals surface area contributed by atoms with Crippen molar-refractivity contribution in [3.63, 3.8) is 0 Å². The van der Waals surface area contributed by atoms with Gasteiger partial charge >= 0.3 is 0 Å². The van der Waals surface area contributed by atoms with Crippen molar-refractivity contribution in [3.05, 3.63) is 59.0 Å². The molecule has 0 radical (unpaired) electrons. The number of hydrogen-bond acceptors (Lipinski definition) is 5. The van der Waals surface area contributed by atoms with Crippen LogP contribution in [-0.4, -0.2) is 35.9 Å². The minimum atomic E-state index is -0.543. The number of halogens is 2. The Kier molecular flexibility index (Phi) is 6.36. The fourth-order valence-corrected chi connectivity index (χ4v) is 3.07. The van der Waals surface area contributed by atoms with E-state index in [0.29, 0.717) is 40.9 Å². The number of nitrogens with one attached hydrogen (secondary N) is 1. The third-order valence-electron chi connectivity index (χ3n) is 4.18. The molecule has 0 unspecified atom stereocenters. The van der Waals surface area contributed by atoms with Crippen LogP contribution in [-0.2, 0) is 7.05 Å². The van der Waals surface area contributed by atoms with Crippen molar-refractivity contribution >= 4 is 23.2 Å². The van der Waals surface area contributed by atoms with Crippen molar-refractivity contribution in [2.24, 2.45) is 12.8 Å². The third kappa shape index (κ3) is 4.49. The van der Waals surface area contributed by atoms with Crippen molar-refractivity contribution < 1.29 is 18.7 Å². The molecule has 0 fully saturated rings. The SMILES string of the molecule is COc1cc(C(=O)Nc2ccc(OCCN)c(-c3c(Cl)cnn3C)c2)ccc1F. The predicted molar refractivity (Wildman–Crippen MR) is 109 cm³/mol. The summed E-state index contributed by atoms with van der Waals surface area (Å²) < 4.78 is 25.8. The van der Waals surface area contributed by atoms with Gasteiger partial charge in [-0.1, -0.05) is 11.6 Å². The zero-order valence-electron chi connectivity index (χ0n) is 15.9. The molecule has 2 aromatic carbocycles. The number of ether oxygens (including phenoxy) is 2. The zero-order chi connectivity index (χ0) is 21.0. The van der Waals surface area contributed by atoms with E-state index in [1.54, 1.807) is 29.9 Å². The molecule has 3 rings (SSSR count). The van der Waals surface area contributed by atoms with E-state index in [9.17, 15) is 9.18 Å². The largest absolute Gasteiger partial charge is 0.494 e. The molecule has 0 saturated heterocycles. The van der Waals surface area contributed by atoms with E-state index >= 15 is 0 Å². The number of amides is 1. The van der Waals surface area contributed by atoms with Gasteiger partial charge in [0.15, 0.2) is 11.6 Å². The van der Waals surface area contributed by atoms with Crippen LogP contribution in [0, 0.1) is 5.82 Å². The number of aryl methyl sites for hydroxylation is 1.